The van der Waals surface area contributed by atoms with E-state index in [0.717, 1.165) is 56.2 Å². The molecule has 0 bridgehead atoms. The number of H-pyrrole nitrogens is 1. The van der Waals surface area contributed by atoms with Gasteiger partial charge >= 0.3 is 0 Å². The largest absolute Gasteiger partial charge is 0.378 e. The van der Waals surface area contributed by atoms with Crippen molar-refractivity contribution in [2.75, 3.05) is 48.0 Å². The SMILES string of the molecule is O=c1[nH]ccc2cc(N3CCc4ccccc43)nc(Nc3ccc(N4CCOCC4)cc3)c12. The number of nitrogens with zero attached hydrogens (tertiary/aromatic N) is 3. The third-order valence-electron chi connectivity index (χ3n) is 6.41. The van der Waals surface area contributed by atoms with Gasteiger partial charge in [0.2, 0.25) is 0 Å². The summed E-state index contributed by atoms with van der Waals surface area (Å²) in [5.41, 5.74) is 4.40. The highest BCUT2D eigenvalue weighted by Gasteiger charge is 2.22. The van der Waals surface area contributed by atoms with Crippen LogP contribution in [0.3, 0.4) is 0 Å². The molecule has 0 aliphatic carbocycles. The predicted molar refractivity (Wildman–Crippen MR) is 132 cm³/mol. The van der Waals surface area contributed by atoms with Crippen LogP contribution in [0, 0.1) is 0 Å². The Kier molecular flexibility index (Phi) is 4.96. The van der Waals surface area contributed by atoms with Crippen LogP contribution in [0.2, 0.25) is 0 Å². The Morgan fingerprint density at radius 1 is 0.970 bits per heavy atom. The van der Waals surface area contributed by atoms with Crippen molar-refractivity contribution in [3.05, 3.63) is 82.8 Å². The second-order valence-corrected chi connectivity index (χ2v) is 8.40. The van der Waals surface area contributed by atoms with Crippen LogP contribution in [-0.4, -0.2) is 42.8 Å². The minimum Gasteiger partial charge on any atom is -0.378 e. The van der Waals surface area contributed by atoms with Gasteiger partial charge in [-0.15, -0.1) is 0 Å². The number of fused-ring (bicyclic) bond motifs is 2. The van der Waals surface area contributed by atoms with Crippen LogP contribution >= 0.6 is 0 Å². The van der Waals surface area contributed by atoms with Gasteiger partial charge in [0.25, 0.3) is 5.56 Å². The number of para-hydroxylation sites is 1. The molecule has 2 aromatic heterocycles. The molecule has 2 aliphatic rings. The van der Waals surface area contributed by atoms with Crippen LogP contribution in [0.15, 0.2) is 71.7 Å². The maximum Gasteiger partial charge on any atom is 0.259 e. The van der Waals surface area contributed by atoms with Gasteiger partial charge in [-0.25, -0.2) is 4.98 Å². The minimum absolute atomic E-state index is 0.152. The molecule has 7 nitrogen and oxygen atoms in total. The Balaban J connectivity index is 1.37. The van der Waals surface area contributed by atoms with Crippen LogP contribution in [-0.2, 0) is 11.2 Å². The number of hydrogen-bond donors (Lipinski definition) is 2. The lowest BCUT2D eigenvalue weighted by atomic mass is 10.1. The quantitative estimate of drug-likeness (QED) is 0.497. The topological polar surface area (TPSA) is 73.5 Å². The molecule has 2 N–H and O–H groups in total. The van der Waals surface area contributed by atoms with E-state index in [1.54, 1.807) is 6.20 Å². The Morgan fingerprint density at radius 3 is 2.64 bits per heavy atom. The van der Waals surface area contributed by atoms with Gasteiger partial charge in [0, 0.05) is 42.9 Å². The summed E-state index contributed by atoms with van der Waals surface area (Å²) in [4.78, 5) is 25.0. The van der Waals surface area contributed by atoms with Crippen molar-refractivity contribution in [2.24, 2.45) is 0 Å². The monoisotopic (exact) mass is 439 g/mol. The minimum atomic E-state index is -0.152. The highest BCUT2D eigenvalue weighted by atomic mass is 16.5. The number of rotatable bonds is 4. The Labute approximate surface area is 191 Å². The zero-order valence-electron chi connectivity index (χ0n) is 18.3. The third kappa shape index (κ3) is 3.70. The summed E-state index contributed by atoms with van der Waals surface area (Å²) in [7, 11) is 0. The average molecular weight is 440 g/mol. The molecule has 0 saturated carbocycles. The van der Waals surface area contributed by atoms with Gasteiger partial charge in [-0.05, 0) is 59.8 Å². The molecule has 33 heavy (non-hydrogen) atoms. The predicted octanol–water partition coefficient (Wildman–Crippen LogP) is 4.20. The van der Waals surface area contributed by atoms with Crippen molar-refractivity contribution in [3.63, 3.8) is 0 Å². The molecular formula is C26H25N5O2. The summed E-state index contributed by atoms with van der Waals surface area (Å²) in [6, 6.07) is 20.6. The van der Waals surface area contributed by atoms with E-state index in [-0.39, 0.29) is 5.56 Å². The smallest absolute Gasteiger partial charge is 0.259 e. The molecular weight excluding hydrogens is 414 g/mol. The lowest BCUT2D eigenvalue weighted by molar-refractivity contribution is 0.122. The molecule has 2 aromatic carbocycles. The van der Waals surface area contributed by atoms with Gasteiger partial charge in [-0.1, -0.05) is 18.2 Å². The molecule has 0 spiro atoms. The van der Waals surface area contributed by atoms with Crippen LogP contribution in [0.1, 0.15) is 5.56 Å². The maximum atomic E-state index is 12.7. The van der Waals surface area contributed by atoms with Crippen molar-refractivity contribution < 1.29 is 4.74 Å². The van der Waals surface area contributed by atoms with Gasteiger partial charge in [0.1, 0.15) is 11.6 Å². The standard InChI is InChI=1S/C26H25N5O2/c32-26-24-19(9-11-27-26)17-23(31-12-10-18-3-1-2-4-22(18)31)29-25(24)28-20-5-7-21(8-6-20)30-13-15-33-16-14-30/h1-9,11,17H,10,12-16H2,(H,27,32)(H,28,29). The number of aromatic amines is 1. The van der Waals surface area contributed by atoms with Crippen molar-refractivity contribution in [1.82, 2.24) is 9.97 Å². The molecule has 4 aromatic rings. The van der Waals surface area contributed by atoms with E-state index < -0.39 is 0 Å². The van der Waals surface area contributed by atoms with Crippen LogP contribution in [0.4, 0.5) is 28.7 Å². The summed E-state index contributed by atoms with van der Waals surface area (Å²) < 4.78 is 5.45. The van der Waals surface area contributed by atoms with Crippen LogP contribution in [0.5, 0.6) is 0 Å². The zero-order valence-corrected chi connectivity index (χ0v) is 18.3. The molecule has 7 heteroatoms. The van der Waals surface area contributed by atoms with Gasteiger partial charge in [0.05, 0.1) is 18.6 Å². The van der Waals surface area contributed by atoms with Crippen LogP contribution in [0.25, 0.3) is 10.8 Å². The van der Waals surface area contributed by atoms with Gasteiger partial charge in [-0.2, -0.15) is 0 Å². The van der Waals surface area contributed by atoms with Gasteiger partial charge in [-0.3, -0.25) is 4.79 Å². The number of anilines is 5. The van der Waals surface area contributed by atoms with Gasteiger partial charge in [0.15, 0.2) is 0 Å². The molecule has 4 heterocycles. The summed E-state index contributed by atoms with van der Waals surface area (Å²) >= 11 is 0. The van der Waals surface area contributed by atoms with Crippen molar-refractivity contribution in [3.8, 4) is 0 Å². The number of aromatic nitrogens is 2. The van der Waals surface area contributed by atoms with E-state index in [1.807, 2.05) is 24.3 Å². The highest BCUT2D eigenvalue weighted by Crippen LogP contribution is 2.36. The first kappa shape index (κ1) is 19.8. The lowest BCUT2D eigenvalue weighted by Crippen LogP contribution is -2.36. The van der Waals surface area contributed by atoms with Crippen molar-refractivity contribution >= 4 is 39.5 Å². The van der Waals surface area contributed by atoms with E-state index in [1.165, 1.54) is 16.9 Å². The fourth-order valence-corrected chi connectivity index (χ4v) is 4.72. The van der Waals surface area contributed by atoms with E-state index in [0.29, 0.717) is 11.2 Å². The molecule has 166 valence electrons. The molecule has 0 amide bonds. The van der Waals surface area contributed by atoms with E-state index in [9.17, 15) is 4.79 Å². The molecule has 0 radical (unpaired) electrons. The number of nitrogens with one attached hydrogen (secondary N) is 2. The first-order valence-corrected chi connectivity index (χ1v) is 11.3. The molecule has 1 fully saturated rings. The molecule has 0 atom stereocenters. The Bertz CT molecular complexity index is 1360. The summed E-state index contributed by atoms with van der Waals surface area (Å²) in [6.45, 7) is 4.17. The Hall–Kier alpha value is -3.84. The number of pyridine rings is 2. The zero-order chi connectivity index (χ0) is 22.2. The molecule has 0 unspecified atom stereocenters. The summed E-state index contributed by atoms with van der Waals surface area (Å²) in [6.07, 6.45) is 2.67. The van der Waals surface area contributed by atoms with Crippen molar-refractivity contribution in [2.45, 2.75) is 6.42 Å². The number of morpholine rings is 1. The number of hydrogen-bond acceptors (Lipinski definition) is 6. The molecule has 1 saturated heterocycles. The first-order chi connectivity index (χ1) is 16.3. The third-order valence-corrected chi connectivity index (χ3v) is 6.41. The first-order valence-electron chi connectivity index (χ1n) is 11.3. The number of ether oxygens (including phenoxy) is 1. The Morgan fingerprint density at radius 2 is 1.79 bits per heavy atom. The lowest BCUT2D eigenvalue weighted by Gasteiger charge is -2.29. The molecule has 2 aliphatic heterocycles. The average Bonchev–Trinajstić information content (AvgIpc) is 3.29. The summed E-state index contributed by atoms with van der Waals surface area (Å²) in [5, 5.41) is 4.83. The second kappa shape index (κ2) is 8.26. The fourth-order valence-electron chi connectivity index (χ4n) is 4.72. The fraction of sp³-hybridized carbons (Fsp3) is 0.231. The summed E-state index contributed by atoms with van der Waals surface area (Å²) in [5.74, 6) is 1.40. The number of benzene rings is 2. The molecule has 6 rings (SSSR count). The van der Waals surface area contributed by atoms with Gasteiger partial charge < -0.3 is 24.8 Å². The van der Waals surface area contributed by atoms with E-state index in [2.05, 4.69) is 56.5 Å². The van der Waals surface area contributed by atoms with E-state index in [4.69, 9.17) is 9.72 Å². The normalized spacial score (nSPS) is 15.6. The second-order valence-electron chi connectivity index (χ2n) is 8.40. The van der Waals surface area contributed by atoms with Crippen molar-refractivity contribution in [1.29, 1.82) is 0 Å². The highest BCUT2D eigenvalue weighted by molar-refractivity contribution is 5.95. The van der Waals surface area contributed by atoms with Crippen LogP contribution < -0.4 is 20.7 Å². The maximum absolute atomic E-state index is 12.7. The van der Waals surface area contributed by atoms with E-state index >= 15 is 0 Å².